The number of hydrogen-bond acceptors (Lipinski definition) is 2. The number of alkyl halides is 3. The molecule has 2 N–H and O–H groups in total. The Balaban J connectivity index is 2.43. The lowest BCUT2D eigenvalue weighted by Crippen LogP contribution is -2.47. The molecule has 0 heterocycles. The highest BCUT2D eigenvalue weighted by atomic mass is 19.4. The van der Waals surface area contributed by atoms with Crippen LogP contribution in [0, 0.1) is 5.92 Å². The van der Waals surface area contributed by atoms with Crippen LogP contribution in [0.4, 0.5) is 13.2 Å². The van der Waals surface area contributed by atoms with Crippen LogP contribution in [-0.2, 0) is 4.79 Å². The summed E-state index contributed by atoms with van der Waals surface area (Å²) in [5.74, 6) is -1.72. The number of carbonyl (C=O) groups excluding carboxylic acids is 1. The third-order valence-electron chi connectivity index (χ3n) is 3.42. The van der Waals surface area contributed by atoms with Gasteiger partial charge in [0, 0.05) is 5.54 Å². The van der Waals surface area contributed by atoms with Crippen molar-refractivity contribution in [3.63, 3.8) is 0 Å². The molecule has 1 unspecified atom stereocenters. The monoisotopic (exact) mass is 252 g/mol. The molecule has 6 heteroatoms. The first kappa shape index (κ1) is 14.3. The zero-order valence-electron chi connectivity index (χ0n) is 10.2. The van der Waals surface area contributed by atoms with E-state index in [9.17, 15) is 18.0 Å². The number of nitrogens with one attached hydrogen (secondary N) is 2. The van der Waals surface area contributed by atoms with Crippen molar-refractivity contribution in [2.45, 2.75) is 44.3 Å². The molecule has 1 saturated carbocycles. The highest BCUT2D eigenvalue weighted by Crippen LogP contribution is 2.44. The second-order valence-corrected chi connectivity index (χ2v) is 4.75. The second kappa shape index (κ2) is 5.25. The molecule has 1 fully saturated rings. The third-order valence-corrected chi connectivity index (χ3v) is 3.42. The third kappa shape index (κ3) is 3.87. The number of rotatable bonds is 6. The number of hydrogen-bond donors (Lipinski definition) is 2. The van der Waals surface area contributed by atoms with E-state index in [-0.39, 0.29) is 5.92 Å². The van der Waals surface area contributed by atoms with Crippen LogP contribution < -0.4 is 10.6 Å². The summed E-state index contributed by atoms with van der Waals surface area (Å²) in [6, 6.07) is 0. The minimum absolute atomic E-state index is 0.0853. The summed E-state index contributed by atoms with van der Waals surface area (Å²) >= 11 is 0. The maximum absolute atomic E-state index is 12.2. The molecule has 1 amide bonds. The fourth-order valence-electron chi connectivity index (χ4n) is 2.03. The van der Waals surface area contributed by atoms with E-state index in [0.717, 1.165) is 19.4 Å². The molecule has 0 aromatic carbocycles. The Kier molecular flexibility index (Phi) is 4.41. The van der Waals surface area contributed by atoms with Gasteiger partial charge in [-0.1, -0.05) is 6.92 Å². The van der Waals surface area contributed by atoms with Gasteiger partial charge in [-0.05, 0) is 45.2 Å². The second-order valence-electron chi connectivity index (χ2n) is 4.75. The molecule has 0 spiro atoms. The van der Waals surface area contributed by atoms with Crippen molar-refractivity contribution >= 4 is 5.91 Å². The molecule has 1 rings (SSSR count). The van der Waals surface area contributed by atoms with E-state index >= 15 is 0 Å². The van der Waals surface area contributed by atoms with Gasteiger partial charge in [-0.3, -0.25) is 4.79 Å². The summed E-state index contributed by atoms with van der Waals surface area (Å²) in [6.07, 6.45) is -1.76. The van der Waals surface area contributed by atoms with E-state index in [4.69, 9.17) is 0 Å². The van der Waals surface area contributed by atoms with Gasteiger partial charge in [0.25, 0.3) is 0 Å². The van der Waals surface area contributed by atoms with Crippen LogP contribution in [0.15, 0.2) is 0 Å². The van der Waals surface area contributed by atoms with E-state index in [2.05, 4.69) is 10.6 Å². The van der Waals surface area contributed by atoms with Crippen molar-refractivity contribution < 1.29 is 18.0 Å². The minimum atomic E-state index is -4.78. The Hall–Kier alpha value is -0.780. The van der Waals surface area contributed by atoms with Gasteiger partial charge in [-0.15, -0.1) is 0 Å². The van der Waals surface area contributed by atoms with Crippen LogP contribution in [0.5, 0.6) is 0 Å². The quantitative estimate of drug-likeness (QED) is 0.708. The summed E-state index contributed by atoms with van der Waals surface area (Å²) in [5.41, 5.74) is -0.611. The van der Waals surface area contributed by atoms with Crippen LogP contribution >= 0.6 is 0 Å². The van der Waals surface area contributed by atoms with E-state index in [0.29, 0.717) is 12.8 Å². The molecule has 0 bridgehead atoms. The fourth-order valence-corrected chi connectivity index (χ4v) is 2.03. The zero-order valence-corrected chi connectivity index (χ0v) is 10.2. The maximum atomic E-state index is 12.2. The molecular weight excluding hydrogens is 233 g/mol. The molecule has 1 aliphatic rings. The summed E-state index contributed by atoms with van der Waals surface area (Å²) in [7, 11) is 1.84. The van der Waals surface area contributed by atoms with E-state index in [1.165, 1.54) is 0 Å². The fraction of sp³-hybridized carbons (Fsp3) is 0.909. The molecule has 0 radical (unpaired) electrons. The smallest absolute Gasteiger partial charge is 0.343 e. The van der Waals surface area contributed by atoms with E-state index in [1.807, 2.05) is 14.0 Å². The first-order chi connectivity index (χ1) is 7.82. The highest BCUT2D eigenvalue weighted by Gasteiger charge is 2.52. The van der Waals surface area contributed by atoms with Crippen LogP contribution in [0.1, 0.15) is 32.6 Å². The summed E-state index contributed by atoms with van der Waals surface area (Å²) in [6.45, 7) is 2.74. The van der Waals surface area contributed by atoms with E-state index in [1.54, 1.807) is 0 Å². The van der Waals surface area contributed by atoms with Gasteiger partial charge < -0.3 is 10.6 Å². The van der Waals surface area contributed by atoms with Crippen molar-refractivity contribution in [1.82, 2.24) is 10.6 Å². The summed E-state index contributed by atoms with van der Waals surface area (Å²) < 4.78 is 36.5. The molecule has 0 saturated heterocycles. The average molecular weight is 252 g/mol. The molecule has 0 aromatic heterocycles. The standard InChI is InChI=1S/C11H19F3N2O/c1-8(4-3-7-15-2)10(5-6-10)16-9(17)11(12,13)14/h8,15H,3-7H2,1-2H3,(H,16,17). The molecular formula is C11H19F3N2O. The predicted molar refractivity (Wildman–Crippen MR) is 58.5 cm³/mol. The lowest BCUT2D eigenvalue weighted by Gasteiger charge is -2.25. The van der Waals surface area contributed by atoms with Gasteiger partial charge in [-0.2, -0.15) is 13.2 Å². The first-order valence-corrected chi connectivity index (χ1v) is 5.86. The largest absolute Gasteiger partial charge is 0.471 e. The van der Waals surface area contributed by atoms with Gasteiger partial charge in [0.2, 0.25) is 0 Å². The zero-order chi connectivity index (χ0) is 13.1. The normalized spacial score (nSPS) is 19.8. The lowest BCUT2D eigenvalue weighted by atomic mass is 9.94. The number of amides is 1. The van der Waals surface area contributed by atoms with Gasteiger partial charge in [0.05, 0.1) is 0 Å². The van der Waals surface area contributed by atoms with Crippen LogP contribution in [0.2, 0.25) is 0 Å². The van der Waals surface area contributed by atoms with Crippen LogP contribution in [0.25, 0.3) is 0 Å². The Labute approximate surface area is 99.1 Å². The Morgan fingerprint density at radius 3 is 2.41 bits per heavy atom. The highest BCUT2D eigenvalue weighted by molar-refractivity contribution is 5.82. The molecule has 100 valence electrons. The lowest BCUT2D eigenvalue weighted by molar-refractivity contribution is -0.175. The molecule has 0 aromatic rings. The molecule has 1 atom stereocenters. The van der Waals surface area contributed by atoms with Crippen LogP contribution in [-0.4, -0.2) is 31.2 Å². The molecule has 1 aliphatic carbocycles. The summed E-state index contributed by atoms with van der Waals surface area (Å²) in [4.78, 5) is 10.9. The molecule has 17 heavy (non-hydrogen) atoms. The first-order valence-electron chi connectivity index (χ1n) is 5.86. The summed E-state index contributed by atoms with van der Waals surface area (Å²) in [5, 5.41) is 5.14. The Bertz CT molecular complexity index is 274. The van der Waals surface area contributed by atoms with Crippen molar-refractivity contribution in [2.24, 2.45) is 5.92 Å². The van der Waals surface area contributed by atoms with Crippen molar-refractivity contribution in [3.8, 4) is 0 Å². The Morgan fingerprint density at radius 2 is 2.00 bits per heavy atom. The predicted octanol–water partition coefficient (Wildman–Crippen LogP) is 1.83. The Morgan fingerprint density at radius 1 is 1.41 bits per heavy atom. The topological polar surface area (TPSA) is 41.1 Å². The van der Waals surface area contributed by atoms with Gasteiger partial charge in [0.1, 0.15) is 0 Å². The van der Waals surface area contributed by atoms with Crippen molar-refractivity contribution in [1.29, 1.82) is 0 Å². The van der Waals surface area contributed by atoms with Crippen molar-refractivity contribution in [3.05, 3.63) is 0 Å². The minimum Gasteiger partial charge on any atom is -0.343 e. The molecule has 0 aliphatic heterocycles. The van der Waals surface area contributed by atoms with Gasteiger partial charge in [0.15, 0.2) is 0 Å². The maximum Gasteiger partial charge on any atom is 0.471 e. The van der Waals surface area contributed by atoms with Crippen LogP contribution in [0.3, 0.4) is 0 Å². The van der Waals surface area contributed by atoms with Gasteiger partial charge >= 0.3 is 12.1 Å². The van der Waals surface area contributed by atoms with Gasteiger partial charge in [-0.25, -0.2) is 0 Å². The van der Waals surface area contributed by atoms with Crippen molar-refractivity contribution in [2.75, 3.05) is 13.6 Å². The number of carbonyl (C=O) groups is 1. The number of halogens is 3. The van der Waals surface area contributed by atoms with E-state index < -0.39 is 17.6 Å². The average Bonchev–Trinajstić information content (AvgIpc) is 2.97. The molecule has 3 nitrogen and oxygen atoms in total. The SMILES string of the molecule is CNCCCC(C)C1(NC(=O)C(F)(F)F)CC1.